The lowest BCUT2D eigenvalue weighted by molar-refractivity contribution is -0.141. The second-order valence-electron chi connectivity index (χ2n) is 4.49. The zero-order valence-electron chi connectivity index (χ0n) is 11.5. The van der Waals surface area contributed by atoms with Crippen molar-refractivity contribution >= 4 is 23.5 Å². The van der Waals surface area contributed by atoms with E-state index in [1.807, 2.05) is 13.0 Å². The Hall–Kier alpha value is -1.75. The standard InChI is InChI=1S/C14H18ClNO4/c1-9-8-11(5-6-12(9)15)20-7-3-4-13(17)16-10(2)14(18)19/h5-6,8,10H,3-4,7H2,1-2H3,(H,16,17)(H,18,19)/t10-/m0/s1. The zero-order valence-corrected chi connectivity index (χ0v) is 12.2. The van der Waals surface area contributed by atoms with Crippen LogP contribution in [0.3, 0.4) is 0 Å². The highest BCUT2D eigenvalue weighted by Gasteiger charge is 2.13. The summed E-state index contributed by atoms with van der Waals surface area (Å²) < 4.78 is 5.49. The highest BCUT2D eigenvalue weighted by atomic mass is 35.5. The van der Waals surface area contributed by atoms with Gasteiger partial charge < -0.3 is 15.2 Å². The van der Waals surface area contributed by atoms with Gasteiger partial charge in [0.05, 0.1) is 6.61 Å². The highest BCUT2D eigenvalue weighted by Crippen LogP contribution is 2.21. The fraction of sp³-hybridized carbons (Fsp3) is 0.429. The summed E-state index contributed by atoms with van der Waals surface area (Å²) in [6, 6.07) is 4.48. The lowest BCUT2D eigenvalue weighted by Gasteiger charge is -2.10. The lowest BCUT2D eigenvalue weighted by atomic mass is 10.2. The summed E-state index contributed by atoms with van der Waals surface area (Å²) in [5, 5.41) is 11.7. The van der Waals surface area contributed by atoms with Gasteiger partial charge in [-0.05, 0) is 44.0 Å². The SMILES string of the molecule is Cc1cc(OCCCC(=O)N[C@@H](C)C(=O)O)ccc1Cl. The van der Waals surface area contributed by atoms with Crippen LogP contribution in [-0.4, -0.2) is 29.6 Å². The van der Waals surface area contributed by atoms with Crippen LogP contribution in [0.25, 0.3) is 0 Å². The molecule has 0 spiro atoms. The van der Waals surface area contributed by atoms with Crippen molar-refractivity contribution in [3.8, 4) is 5.75 Å². The van der Waals surface area contributed by atoms with Gasteiger partial charge in [-0.15, -0.1) is 0 Å². The quantitative estimate of drug-likeness (QED) is 0.758. The maximum absolute atomic E-state index is 11.4. The minimum atomic E-state index is -1.05. The number of halogens is 1. The van der Waals surface area contributed by atoms with Gasteiger partial charge in [0, 0.05) is 11.4 Å². The average molecular weight is 300 g/mol. The molecule has 1 rings (SSSR count). The topological polar surface area (TPSA) is 75.6 Å². The number of benzene rings is 1. The molecule has 1 atom stereocenters. The molecule has 1 aromatic rings. The van der Waals surface area contributed by atoms with E-state index in [1.54, 1.807) is 12.1 Å². The molecule has 1 amide bonds. The van der Waals surface area contributed by atoms with Gasteiger partial charge in [-0.3, -0.25) is 9.59 Å². The Kier molecular flexibility index (Phi) is 6.31. The van der Waals surface area contributed by atoms with Crippen molar-refractivity contribution in [2.24, 2.45) is 0 Å². The van der Waals surface area contributed by atoms with Crippen molar-refractivity contribution in [1.82, 2.24) is 5.32 Å². The number of carbonyl (C=O) groups excluding carboxylic acids is 1. The summed E-state index contributed by atoms with van der Waals surface area (Å²) in [6.45, 7) is 3.69. The van der Waals surface area contributed by atoms with Gasteiger partial charge in [0.1, 0.15) is 11.8 Å². The van der Waals surface area contributed by atoms with E-state index in [0.717, 1.165) is 5.56 Å². The Morgan fingerprint density at radius 3 is 2.75 bits per heavy atom. The molecule has 0 fully saturated rings. The van der Waals surface area contributed by atoms with Gasteiger partial charge in [-0.2, -0.15) is 0 Å². The number of nitrogens with one attached hydrogen (secondary N) is 1. The molecule has 0 unspecified atom stereocenters. The molecule has 110 valence electrons. The Morgan fingerprint density at radius 1 is 1.45 bits per heavy atom. The number of aryl methyl sites for hydroxylation is 1. The normalized spacial score (nSPS) is 11.8. The van der Waals surface area contributed by atoms with E-state index >= 15 is 0 Å². The fourth-order valence-corrected chi connectivity index (χ4v) is 1.62. The zero-order chi connectivity index (χ0) is 15.1. The molecular weight excluding hydrogens is 282 g/mol. The molecule has 2 N–H and O–H groups in total. The second-order valence-corrected chi connectivity index (χ2v) is 4.90. The van der Waals surface area contributed by atoms with Crippen LogP contribution in [0.2, 0.25) is 5.02 Å². The molecule has 0 aliphatic rings. The van der Waals surface area contributed by atoms with E-state index in [9.17, 15) is 9.59 Å². The van der Waals surface area contributed by atoms with Gasteiger partial charge in [-0.1, -0.05) is 11.6 Å². The molecule has 0 aliphatic carbocycles. The van der Waals surface area contributed by atoms with Crippen LogP contribution in [0, 0.1) is 6.92 Å². The van der Waals surface area contributed by atoms with Crippen molar-refractivity contribution in [2.75, 3.05) is 6.61 Å². The molecule has 1 aromatic carbocycles. The van der Waals surface area contributed by atoms with Crippen molar-refractivity contribution < 1.29 is 19.4 Å². The number of hydrogen-bond donors (Lipinski definition) is 2. The Labute approximate surface area is 122 Å². The first-order valence-corrected chi connectivity index (χ1v) is 6.69. The highest BCUT2D eigenvalue weighted by molar-refractivity contribution is 6.31. The van der Waals surface area contributed by atoms with Crippen LogP contribution >= 0.6 is 11.6 Å². The minimum absolute atomic E-state index is 0.226. The van der Waals surface area contributed by atoms with E-state index in [1.165, 1.54) is 6.92 Å². The molecule has 0 aromatic heterocycles. The van der Waals surface area contributed by atoms with Gasteiger partial charge in [0.15, 0.2) is 0 Å². The fourth-order valence-electron chi connectivity index (χ4n) is 1.51. The summed E-state index contributed by atoms with van der Waals surface area (Å²) in [7, 11) is 0. The first-order chi connectivity index (χ1) is 9.40. The van der Waals surface area contributed by atoms with E-state index in [2.05, 4.69) is 5.32 Å². The van der Waals surface area contributed by atoms with Crippen LogP contribution in [-0.2, 0) is 9.59 Å². The summed E-state index contributed by atoms with van der Waals surface area (Å²) in [5.74, 6) is -0.645. The molecule has 20 heavy (non-hydrogen) atoms. The molecular formula is C14H18ClNO4. The average Bonchev–Trinajstić information content (AvgIpc) is 2.38. The first kappa shape index (κ1) is 16.3. The number of rotatable bonds is 7. The van der Waals surface area contributed by atoms with Gasteiger partial charge in [0.2, 0.25) is 5.91 Å². The van der Waals surface area contributed by atoms with Gasteiger partial charge >= 0.3 is 5.97 Å². The molecule has 0 saturated carbocycles. The smallest absolute Gasteiger partial charge is 0.325 e. The Balaban J connectivity index is 2.26. The van der Waals surface area contributed by atoms with E-state index in [-0.39, 0.29) is 12.3 Å². The van der Waals surface area contributed by atoms with Crippen molar-refractivity contribution in [2.45, 2.75) is 32.7 Å². The van der Waals surface area contributed by atoms with E-state index < -0.39 is 12.0 Å². The van der Waals surface area contributed by atoms with Crippen LogP contribution < -0.4 is 10.1 Å². The summed E-state index contributed by atoms with van der Waals surface area (Å²) in [6.07, 6.45) is 0.740. The van der Waals surface area contributed by atoms with Crippen molar-refractivity contribution in [3.63, 3.8) is 0 Å². The summed E-state index contributed by atoms with van der Waals surface area (Å²) >= 11 is 5.90. The number of carboxylic acids is 1. The first-order valence-electron chi connectivity index (χ1n) is 6.31. The molecule has 0 radical (unpaired) electrons. The Morgan fingerprint density at radius 2 is 2.15 bits per heavy atom. The predicted octanol–water partition coefficient (Wildman–Crippen LogP) is 2.40. The molecule has 5 nitrogen and oxygen atoms in total. The predicted molar refractivity (Wildman–Crippen MR) is 76.2 cm³/mol. The number of carbonyl (C=O) groups is 2. The van der Waals surface area contributed by atoms with Crippen LogP contribution in [0.5, 0.6) is 5.75 Å². The third-order valence-electron chi connectivity index (χ3n) is 2.69. The number of amides is 1. The second kappa shape index (κ2) is 7.75. The molecule has 6 heteroatoms. The lowest BCUT2D eigenvalue weighted by Crippen LogP contribution is -2.38. The van der Waals surface area contributed by atoms with Crippen LogP contribution in [0.4, 0.5) is 0 Å². The van der Waals surface area contributed by atoms with Crippen LogP contribution in [0.15, 0.2) is 18.2 Å². The minimum Gasteiger partial charge on any atom is -0.494 e. The monoisotopic (exact) mass is 299 g/mol. The van der Waals surface area contributed by atoms with E-state index in [4.69, 9.17) is 21.4 Å². The van der Waals surface area contributed by atoms with Crippen molar-refractivity contribution in [1.29, 1.82) is 0 Å². The summed E-state index contributed by atoms with van der Waals surface area (Å²) in [5.41, 5.74) is 0.928. The molecule has 0 bridgehead atoms. The van der Waals surface area contributed by atoms with Gasteiger partial charge in [0.25, 0.3) is 0 Å². The van der Waals surface area contributed by atoms with Gasteiger partial charge in [-0.25, -0.2) is 0 Å². The number of aliphatic carboxylic acids is 1. The van der Waals surface area contributed by atoms with Crippen molar-refractivity contribution in [3.05, 3.63) is 28.8 Å². The largest absolute Gasteiger partial charge is 0.494 e. The maximum Gasteiger partial charge on any atom is 0.325 e. The van der Waals surface area contributed by atoms with E-state index in [0.29, 0.717) is 23.8 Å². The van der Waals surface area contributed by atoms with Crippen LogP contribution in [0.1, 0.15) is 25.3 Å². The summed E-state index contributed by atoms with van der Waals surface area (Å²) in [4.78, 5) is 22.0. The maximum atomic E-state index is 11.4. The number of ether oxygens (including phenoxy) is 1. The third-order valence-corrected chi connectivity index (χ3v) is 3.12. The number of carboxylic acid groups (broad SMARTS) is 1. The molecule has 0 heterocycles. The number of hydrogen-bond acceptors (Lipinski definition) is 3. The Bertz CT molecular complexity index is 490. The molecule has 0 saturated heterocycles. The third kappa shape index (κ3) is 5.48. The molecule has 0 aliphatic heterocycles.